The second-order valence-corrected chi connectivity index (χ2v) is 7.14. The van der Waals surface area contributed by atoms with E-state index in [1.807, 2.05) is 11.8 Å². The second-order valence-electron chi connectivity index (χ2n) is 7.14. The molecule has 3 rings (SSSR count). The van der Waals surface area contributed by atoms with Crippen molar-refractivity contribution in [2.75, 3.05) is 50.8 Å². The van der Waals surface area contributed by atoms with Crippen molar-refractivity contribution in [1.82, 2.24) is 19.8 Å². The number of piperazine rings is 1. The summed E-state index contributed by atoms with van der Waals surface area (Å²) in [7, 11) is 0. The number of nitrogens with zero attached hydrogens (tertiary/aromatic N) is 5. The van der Waals surface area contributed by atoms with Crippen molar-refractivity contribution in [3.8, 4) is 0 Å². The molecular formula is C18H29N5O2. The zero-order chi connectivity index (χ0) is 18.0. The van der Waals surface area contributed by atoms with Crippen molar-refractivity contribution in [2.45, 2.75) is 39.8 Å². The number of hydrogen-bond acceptors (Lipinski definition) is 6. The van der Waals surface area contributed by atoms with E-state index in [0.29, 0.717) is 6.04 Å². The van der Waals surface area contributed by atoms with Crippen molar-refractivity contribution in [2.24, 2.45) is 0 Å². The number of anilines is 1. The molecule has 1 aromatic rings. The quantitative estimate of drug-likeness (QED) is 0.820. The standard InChI is InChI=1S/C18H29N5O2/c1-13(2)23-9-10-25-17(12-23)16-11-18(20-14(3)19-16)22-7-5-21(6-8-22)15(4)24/h11,13,17H,5-10,12H2,1-4H3/t17-/m1/s1. The van der Waals surface area contributed by atoms with Crippen molar-refractivity contribution < 1.29 is 9.53 Å². The Balaban J connectivity index is 1.74. The van der Waals surface area contributed by atoms with Crippen LogP contribution in [0.15, 0.2) is 6.07 Å². The molecular weight excluding hydrogens is 318 g/mol. The summed E-state index contributed by atoms with van der Waals surface area (Å²) >= 11 is 0. The normalized spacial score (nSPS) is 22.5. The van der Waals surface area contributed by atoms with Gasteiger partial charge in [-0.3, -0.25) is 9.69 Å². The third kappa shape index (κ3) is 4.27. The van der Waals surface area contributed by atoms with Crippen LogP contribution >= 0.6 is 0 Å². The SMILES string of the molecule is CC(=O)N1CCN(c2cc([C@H]3CN(C(C)C)CCO3)nc(C)n2)CC1. The Bertz CT molecular complexity index is 613. The van der Waals surface area contributed by atoms with Gasteiger partial charge in [-0.25, -0.2) is 9.97 Å². The number of hydrogen-bond donors (Lipinski definition) is 0. The molecule has 2 fully saturated rings. The molecule has 7 heteroatoms. The van der Waals surface area contributed by atoms with Gasteiger partial charge in [0.1, 0.15) is 17.7 Å². The van der Waals surface area contributed by atoms with E-state index in [-0.39, 0.29) is 12.0 Å². The molecule has 3 heterocycles. The summed E-state index contributed by atoms with van der Waals surface area (Å²) in [6.45, 7) is 13.7. The predicted octanol–water partition coefficient (Wildman–Crippen LogP) is 1.24. The van der Waals surface area contributed by atoms with E-state index >= 15 is 0 Å². The molecule has 1 amide bonds. The van der Waals surface area contributed by atoms with Crippen LogP contribution in [-0.2, 0) is 9.53 Å². The van der Waals surface area contributed by atoms with Gasteiger partial charge in [0.15, 0.2) is 0 Å². The first-order valence-electron chi connectivity index (χ1n) is 9.15. The van der Waals surface area contributed by atoms with Gasteiger partial charge < -0.3 is 14.5 Å². The van der Waals surface area contributed by atoms with Crippen molar-refractivity contribution in [3.05, 3.63) is 17.6 Å². The van der Waals surface area contributed by atoms with Gasteiger partial charge in [0.05, 0.1) is 12.3 Å². The number of aryl methyl sites for hydroxylation is 1. The first-order valence-corrected chi connectivity index (χ1v) is 9.15. The van der Waals surface area contributed by atoms with Gasteiger partial charge in [0, 0.05) is 58.3 Å². The van der Waals surface area contributed by atoms with Crippen LogP contribution in [0.4, 0.5) is 5.82 Å². The van der Waals surface area contributed by atoms with E-state index in [1.54, 1.807) is 6.92 Å². The third-order valence-electron chi connectivity index (χ3n) is 5.05. The summed E-state index contributed by atoms with van der Waals surface area (Å²) in [5.41, 5.74) is 0.960. The van der Waals surface area contributed by atoms with Gasteiger partial charge in [0.2, 0.25) is 5.91 Å². The van der Waals surface area contributed by atoms with E-state index < -0.39 is 0 Å². The van der Waals surface area contributed by atoms with Gasteiger partial charge >= 0.3 is 0 Å². The molecule has 0 aliphatic carbocycles. The number of carbonyl (C=O) groups excluding carboxylic acids is 1. The van der Waals surface area contributed by atoms with E-state index in [1.165, 1.54) is 0 Å². The molecule has 0 radical (unpaired) electrons. The lowest BCUT2D eigenvalue weighted by molar-refractivity contribution is -0.129. The summed E-state index contributed by atoms with van der Waals surface area (Å²) in [5, 5.41) is 0. The minimum Gasteiger partial charge on any atom is -0.369 e. The molecule has 0 aromatic carbocycles. The maximum absolute atomic E-state index is 11.5. The Morgan fingerprint density at radius 2 is 1.92 bits per heavy atom. The molecule has 1 atom stereocenters. The summed E-state index contributed by atoms with van der Waals surface area (Å²) in [6, 6.07) is 2.57. The Kier molecular flexibility index (Phi) is 5.54. The fourth-order valence-corrected chi connectivity index (χ4v) is 3.47. The Labute approximate surface area is 150 Å². The molecule has 0 saturated carbocycles. The zero-order valence-corrected chi connectivity index (χ0v) is 15.7. The highest BCUT2D eigenvalue weighted by Gasteiger charge is 2.26. The topological polar surface area (TPSA) is 61.8 Å². The Hall–Kier alpha value is -1.73. The highest BCUT2D eigenvalue weighted by molar-refractivity contribution is 5.73. The molecule has 0 N–H and O–H groups in total. The minimum absolute atomic E-state index is 0.00453. The van der Waals surface area contributed by atoms with Crippen LogP contribution in [0.25, 0.3) is 0 Å². The average molecular weight is 347 g/mol. The van der Waals surface area contributed by atoms with Crippen LogP contribution in [0, 0.1) is 6.92 Å². The van der Waals surface area contributed by atoms with Gasteiger partial charge in [-0.1, -0.05) is 0 Å². The summed E-state index contributed by atoms with van der Waals surface area (Å²) in [5.74, 6) is 1.85. The molecule has 2 aliphatic rings. The van der Waals surface area contributed by atoms with E-state index in [4.69, 9.17) is 4.74 Å². The highest BCUT2D eigenvalue weighted by Crippen LogP contribution is 2.25. The second kappa shape index (κ2) is 7.66. The van der Waals surface area contributed by atoms with Gasteiger partial charge in [-0.05, 0) is 20.8 Å². The van der Waals surface area contributed by atoms with Crippen LogP contribution in [0.2, 0.25) is 0 Å². The average Bonchev–Trinajstić information content (AvgIpc) is 2.61. The minimum atomic E-state index is -0.00453. The van der Waals surface area contributed by atoms with Gasteiger partial charge in [0.25, 0.3) is 0 Å². The molecule has 0 spiro atoms. The van der Waals surface area contributed by atoms with Crippen LogP contribution in [0.3, 0.4) is 0 Å². The number of rotatable bonds is 3. The van der Waals surface area contributed by atoms with Crippen molar-refractivity contribution in [1.29, 1.82) is 0 Å². The lowest BCUT2D eigenvalue weighted by Crippen LogP contribution is -2.48. The molecule has 2 saturated heterocycles. The first-order chi connectivity index (χ1) is 11.9. The number of morpholine rings is 1. The lowest BCUT2D eigenvalue weighted by atomic mass is 10.1. The van der Waals surface area contributed by atoms with E-state index in [9.17, 15) is 4.79 Å². The largest absolute Gasteiger partial charge is 0.369 e. The molecule has 0 unspecified atom stereocenters. The zero-order valence-electron chi connectivity index (χ0n) is 15.7. The van der Waals surface area contributed by atoms with Crippen LogP contribution in [-0.4, -0.2) is 77.6 Å². The van der Waals surface area contributed by atoms with Crippen LogP contribution in [0.1, 0.15) is 38.4 Å². The van der Waals surface area contributed by atoms with Gasteiger partial charge in [-0.2, -0.15) is 0 Å². The maximum Gasteiger partial charge on any atom is 0.219 e. The van der Waals surface area contributed by atoms with E-state index in [0.717, 1.165) is 63.2 Å². The number of aromatic nitrogens is 2. The lowest BCUT2D eigenvalue weighted by Gasteiger charge is -2.36. The highest BCUT2D eigenvalue weighted by atomic mass is 16.5. The first kappa shape index (κ1) is 18.1. The monoisotopic (exact) mass is 347 g/mol. The number of carbonyl (C=O) groups is 1. The Morgan fingerprint density at radius 3 is 2.56 bits per heavy atom. The van der Waals surface area contributed by atoms with Crippen molar-refractivity contribution >= 4 is 11.7 Å². The smallest absolute Gasteiger partial charge is 0.219 e. The number of ether oxygens (including phenoxy) is 1. The van der Waals surface area contributed by atoms with E-state index in [2.05, 4.69) is 39.7 Å². The molecule has 7 nitrogen and oxygen atoms in total. The van der Waals surface area contributed by atoms with Crippen LogP contribution < -0.4 is 4.90 Å². The molecule has 138 valence electrons. The molecule has 1 aromatic heterocycles. The number of amides is 1. The predicted molar refractivity (Wildman–Crippen MR) is 96.6 cm³/mol. The van der Waals surface area contributed by atoms with Gasteiger partial charge in [-0.15, -0.1) is 0 Å². The fraction of sp³-hybridized carbons (Fsp3) is 0.722. The third-order valence-corrected chi connectivity index (χ3v) is 5.05. The Morgan fingerprint density at radius 1 is 1.20 bits per heavy atom. The summed E-state index contributed by atoms with van der Waals surface area (Å²) < 4.78 is 5.99. The molecule has 2 aliphatic heterocycles. The summed E-state index contributed by atoms with van der Waals surface area (Å²) in [4.78, 5) is 27.3. The summed E-state index contributed by atoms with van der Waals surface area (Å²) in [6.07, 6.45) is -0.00453. The van der Waals surface area contributed by atoms with Crippen LogP contribution in [0.5, 0.6) is 0 Å². The molecule has 0 bridgehead atoms. The maximum atomic E-state index is 11.5. The van der Waals surface area contributed by atoms with Crippen molar-refractivity contribution in [3.63, 3.8) is 0 Å². The molecule has 25 heavy (non-hydrogen) atoms. The fourth-order valence-electron chi connectivity index (χ4n) is 3.47.